The Labute approximate surface area is 122 Å². The highest BCUT2D eigenvalue weighted by atomic mass is 14.2. The monoisotopic (exact) mass is 266 g/mol. The van der Waals surface area contributed by atoms with Gasteiger partial charge in [0.15, 0.2) is 0 Å². The van der Waals surface area contributed by atoms with Crippen LogP contribution in [-0.2, 0) is 0 Å². The second-order valence-electron chi connectivity index (χ2n) is 7.61. The summed E-state index contributed by atoms with van der Waals surface area (Å²) in [5, 5.41) is 0. The Kier molecular flexibility index (Phi) is 9.65. The molecule has 0 aromatic carbocycles. The van der Waals surface area contributed by atoms with Gasteiger partial charge in [-0.1, -0.05) is 104 Å². The molecule has 1 saturated carbocycles. The smallest absolute Gasteiger partial charge is 0.0354 e. The maximum absolute atomic E-state index is 2.49. The highest BCUT2D eigenvalue weighted by molar-refractivity contribution is 4.69. The van der Waals surface area contributed by atoms with Crippen LogP contribution in [0.15, 0.2) is 0 Å². The maximum atomic E-state index is 2.49. The van der Waals surface area contributed by atoms with Crippen LogP contribution < -0.4 is 0 Å². The molecule has 0 spiro atoms. The van der Waals surface area contributed by atoms with E-state index < -0.39 is 0 Å². The fourth-order valence-corrected chi connectivity index (χ4v) is 3.45. The van der Waals surface area contributed by atoms with E-state index in [9.17, 15) is 0 Å². The van der Waals surface area contributed by atoms with E-state index in [2.05, 4.69) is 13.8 Å². The van der Waals surface area contributed by atoms with E-state index in [0.717, 1.165) is 0 Å². The summed E-state index contributed by atoms with van der Waals surface area (Å²) >= 11 is 0. The lowest BCUT2D eigenvalue weighted by atomic mass is 9.82. The lowest BCUT2D eigenvalue weighted by Gasteiger charge is -2.24. The molecule has 0 aliphatic heterocycles. The molecule has 0 aromatic rings. The van der Waals surface area contributed by atoms with Gasteiger partial charge in [0.1, 0.15) is 0 Å². The summed E-state index contributed by atoms with van der Waals surface area (Å²) in [6, 6.07) is 0. The highest BCUT2D eigenvalue weighted by Crippen LogP contribution is 2.30. The molecule has 0 nitrogen and oxygen atoms in total. The molecule has 1 rings (SSSR count). The first-order valence-corrected chi connectivity index (χ1v) is 9.21. The third-order valence-corrected chi connectivity index (χ3v) is 4.96. The van der Waals surface area contributed by atoms with Gasteiger partial charge in [-0.3, -0.25) is 0 Å². The van der Waals surface area contributed by atoms with E-state index in [1.807, 2.05) is 0 Å². The summed E-state index contributed by atoms with van der Waals surface area (Å²) in [6.07, 6.45) is 23.7. The molecule has 114 valence electrons. The van der Waals surface area contributed by atoms with Crippen molar-refractivity contribution in [1.82, 2.24) is 0 Å². The predicted octanol–water partition coefficient (Wildman–Crippen LogP) is 7.27. The molecular weight excluding hydrogens is 228 g/mol. The Morgan fingerprint density at radius 2 is 0.579 bits per heavy atom. The van der Waals surface area contributed by atoms with E-state index in [1.54, 1.807) is 0 Å². The van der Waals surface area contributed by atoms with Gasteiger partial charge in [-0.15, -0.1) is 0 Å². The summed E-state index contributed by atoms with van der Waals surface area (Å²) in [5.74, 6) is 0. The van der Waals surface area contributed by atoms with Crippen molar-refractivity contribution in [3.8, 4) is 0 Å². The van der Waals surface area contributed by atoms with Crippen molar-refractivity contribution in [2.45, 2.75) is 117 Å². The Hall–Kier alpha value is 0. The topological polar surface area (TPSA) is 0 Å². The first-order chi connectivity index (χ1) is 9.21. The molecule has 0 heteroatoms. The summed E-state index contributed by atoms with van der Waals surface area (Å²) < 4.78 is 0. The second-order valence-corrected chi connectivity index (χ2v) is 7.61. The van der Waals surface area contributed by atoms with Crippen molar-refractivity contribution >= 4 is 0 Å². The standard InChI is InChI=1S/C19H38/c1-19(2)17-15-13-11-9-7-5-3-4-6-8-10-12-14-16-18-19/h3-18H2,1-2H3. The van der Waals surface area contributed by atoms with Crippen LogP contribution in [0.25, 0.3) is 0 Å². The fourth-order valence-electron chi connectivity index (χ4n) is 3.45. The predicted molar refractivity (Wildman–Crippen MR) is 87.7 cm³/mol. The first-order valence-electron chi connectivity index (χ1n) is 9.21. The van der Waals surface area contributed by atoms with Crippen LogP contribution in [0.2, 0.25) is 0 Å². The zero-order valence-electron chi connectivity index (χ0n) is 13.8. The fraction of sp³-hybridized carbons (Fsp3) is 1.00. The minimum Gasteiger partial charge on any atom is -0.0599 e. The second kappa shape index (κ2) is 10.7. The van der Waals surface area contributed by atoms with Crippen LogP contribution in [0.1, 0.15) is 117 Å². The van der Waals surface area contributed by atoms with Gasteiger partial charge < -0.3 is 0 Å². The molecule has 19 heavy (non-hydrogen) atoms. The van der Waals surface area contributed by atoms with Gasteiger partial charge in [-0.05, 0) is 18.3 Å². The average molecular weight is 267 g/mol. The molecule has 0 N–H and O–H groups in total. The molecule has 0 atom stereocenters. The molecule has 0 amide bonds. The molecule has 1 fully saturated rings. The van der Waals surface area contributed by atoms with E-state index in [0.29, 0.717) is 5.41 Å². The Balaban J connectivity index is 2.20. The van der Waals surface area contributed by atoms with Crippen molar-refractivity contribution in [3.05, 3.63) is 0 Å². The summed E-state index contributed by atoms with van der Waals surface area (Å²) in [6.45, 7) is 4.97. The van der Waals surface area contributed by atoms with Crippen molar-refractivity contribution in [2.24, 2.45) is 5.41 Å². The van der Waals surface area contributed by atoms with Gasteiger partial charge in [-0.25, -0.2) is 0 Å². The van der Waals surface area contributed by atoms with Gasteiger partial charge in [-0.2, -0.15) is 0 Å². The van der Waals surface area contributed by atoms with Crippen LogP contribution in [0.3, 0.4) is 0 Å². The maximum Gasteiger partial charge on any atom is -0.0354 e. The van der Waals surface area contributed by atoms with Crippen LogP contribution >= 0.6 is 0 Å². The van der Waals surface area contributed by atoms with E-state index >= 15 is 0 Å². The molecule has 0 heterocycles. The molecule has 0 unspecified atom stereocenters. The zero-order valence-corrected chi connectivity index (χ0v) is 13.8. The Bertz CT molecular complexity index is 172. The van der Waals surface area contributed by atoms with Crippen LogP contribution in [-0.4, -0.2) is 0 Å². The number of hydrogen-bond donors (Lipinski definition) is 0. The van der Waals surface area contributed by atoms with Crippen LogP contribution in [0.5, 0.6) is 0 Å². The largest absolute Gasteiger partial charge is 0.0599 e. The van der Waals surface area contributed by atoms with Crippen molar-refractivity contribution in [3.63, 3.8) is 0 Å². The molecule has 1 aliphatic carbocycles. The third kappa shape index (κ3) is 10.4. The van der Waals surface area contributed by atoms with Gasteiger partial charge in [0, 0.05) is 0 Å². The summed E-state index contributed by atoms with van der Waals surface area (Å²) in [4.78, 5) is 0. The quantitative estimate of drug-likeness (QED) is 0.432. The lowest BCUT2D eigenvalue weighted by molar-refractivity contribution is 0.282. The van der Waals surface area contributed by atoms with E-state index in [-0.39, 0.29) is 0 Å². The van der Waals surface area contributed by atoms with Gasteiger partial charge in [0.25, 0.3) is 0 Å². The molecule has 0 bridgehead atoms. The van der Waals surface area contributed by atoms with Crippen LogP contribution in [0, 0.1) is 5.41 Å². The zero-order chi connectivity index (χ0) is 13.8. The minimum atomic E-state index is 0.605. The van der Waals surface area contributed by atoms with Gasteiger partial charge >= 0.3 is 0 Å². The van der Waals surface area contributed by atoms with E-state index in [4.69, 9.17) is 0 Å². The lowest BCUT2D eigenvalue weighted by Crippen LogP contribution is -2.11. The van der Waals surface area contributed by atoms with Crippen molar-refractivity contribution in [2.75, 3.05) is 0 Å². The summed E-state index contributed by atoms with van der Waals surface area (Å²) in [7, 11) is 0. The normalized spacial score (nSPS) is 25.6. The molecule has 1 aliphatic rings. The third-order valence-electron chi connectivity index (χ3n) is 4.96. The molecule has 0 aromatic heterocycles. The van der Waals surface area contributed by atoms with Crippen molar-refractivity contribution in [1.29, 1.82) is 0 Å². The highest BCUT2D eigenvalue weighted by Gasteiger charge is 2.16. The Morgan fingerprint density at radius 1 is 0.368 bits per heavy atom. The van der Waals surface area contributed by atoms with Crippen molar-refractivity contribution < 1.29 is 0 Å². The van der Waals surface area contributed by atoms with Gasteiger partial charge in [0.2, 0.25) is 0 Å². The number of rotatable bonds is 0. The number of hydrogen-bond acceptors (Lipinski definition) is 0. The summed E-state index contributed by atoms with van der Waals surface area (Å²) in [5.41, 5.74) is 0.605. The first kappa shape index (κ1) is 17.1. The minimum absolute atomic E-state index is 0.605. The van der Waals surface area contributed by atoms with Gasteiger partial charge in [0.05, 0.1) is 0 Å². The van der Waals surface area contributed by atoms with Crippen LogP contribution in [0.4, 0.5) is 0 Å². The average Bonchev–Trinajstić information content (AvgIpc) is 2.37. The van der Waals surface area contributed by atoms with E-state index in [1.165, 1.54) is 103 Å². The SMILES string of the molecule is CC1(C)CCCCCCCCCCCCCCCC1. The molecular formula is C19H38. The molecule has 0 saturated heterocycles. The molecule has 0 radical (unpaired) electrons. The Morgan fingerprint density at radius 3 is 0.842 bits per heavy atom.